The molecular weight excluding hydrogens is 738 g/mol. The number of likely N-dealkylation sites (N-methyl/N-ethyl adjacent to an activating group) is 1. The van der Waals surface area contributed by atoms with Crippen LogP contribution >= 0.6 is 15.9 Å². The summed E-state index contributed by atoms with van der Waals surface area (Å²) in [6.45, 7) is 7.20. The number of benzene rings is 2. The first kappa shape index (κ1) is 37.1. The minimum Gasteiger partial charge on any atom is -0.496 e. The van der Waals surface area contributed by atoms with Crippen LogP contribution in [0.4, 0.5) is 11.4 Å². The Morgan fingerprint density at radius 1 is 1.00 bits per heavy atom. The van der Waals surface area contributed by atoms with Gasteiger partial charge in [-0.3, -0.25) is 24.5 Å². The van der Waals surface area contributed by atoms with E-state index in [0.717, 1.165) is 93.8 Å². The smallest absolute Gasteiger partial charge is 0.282 e. The minimum absolute atomic E-state index is 0.103. The summed E-state index contributed by atoms with van der Waals surface area (Å²) in [6, 6.07) is 12.5. The van der Waals surface area contributed by atoms with Gasteiger partial charge in [0.2, 0.25) is 11.8 Å². The van der Waals surface area contributed by atoms with E-state index in [9.17, 15) is 19.2 Å². The number of anilines is 2. The van der Waals surface area contributed by atoms with Crippen LogP contribution in [0.25, 0.3) is 0 Å². The molecule has 282 valence electrons. The molecule has 5 heterocycles. The number of amides is 3. The molecule has 1 spiro atoms. The zero-order valence-corrected chi connectivity index (χ0v) is 32.7. The van der Waals surface area contributed by atoms with Crippen LogP contribution in [0.3, 0.4) is 0 Å². The second-order valence-corrected chi connectivity index (χ2v) is 16.4. The van der Waals surface area contributed by atoms with E-state index in [2.05, 4.69) is 66.7 Å². The largest absolute Gasteiger partial charge is 0.496 e. The number of methoxy groups -OCH3 is 1. The zero-order valence-electron chi connectivity index (χ0n) is 31.1. The first-order chi connectivity index (χ1) is 25.4. The van der Waals surface area contributed by atoms with Gasteiger partial charge < -0.3 is 24.8 Å². The van der Waals surface area contributed by atoms with Crippen molar-refractivity contribution in [2.24, 2.45) is 12.5 Å². The van der Waals surface area contributed by atoms with Crippen molar-refractivity contribution < 1.29 is 19.1 Å². The van der Waals surface area contributed by atoms with Gasteiger partial charge in [0.15, 0.2) is 0 Å². The van der Waals surface area contributed by atoms with Crippen LogP contribution < -0.4 is 25.8 Å². The van der Waals surface area contributed by atoms with Crippen LogP contribution in [0, 0.1) is 12.3 Å². The first-order valence-electron chi connectivity index (χ1n) is 18.8. The SMILES string of the molecule is COc1cc(N2CCC3(CCN(C(=O)c4ccc([C@@H]5C[C@H](Nc6cnn(C)c(=O)c6Br)CN(C)C5)cc4)CC3)CC2)cc(C)c1C1CCC(=O)NC1=O. The standard InChI is InChI=1S/C40H50BrN7O5/c1-25-19-30(21-33(53-4)35(25)31-9-10-34(49)44-37(31)50)47-15-11-40(12-16-47)13-17-48(18-14-40)38(51)27-7-5-26(6-8-27)28-20-29(24-45(2)23-28)43-32-22-42-46(3)39(52)36(32)41/h5-8,19,21-22,28-29,31,43H,9-18,20,23-24H2,1-4H3,(H,44,49,50)/t28-,29+,31?/m1/s1. The van der Waals surface area contributed by atoms with Gasteiger partial charge >= 0.3 is 0 Å². The molecule has 13 heteroatoms. The van der Waals surface area contributed by atoms with Gasteiger partial charge in [0, 0.05) is 81.7 Å². The van der Waals surface area contributed by atoms with E-state index in [1.54, 1.807) is 20.4 Å². The number of likely N-dealkylation sites (tertiary alicyclic amines) is 2. The molecule has 2 N–H and O–H groups in total. The zero-order chi connectivity index (χ0) is 37.4. The van der Waals surface area contributed by atoms with Gasteiger partial charge in [-0.25, -0.2) is 4.68 Å². The van der Waals surface area contributed by atoms with Crippen molar-refractivity contribution in [1.29, 1.82) is 0 Å². The number of carbonyl (C=O) groups excluding carboxylic acids is 3. The Morgan fingerprint density at radius 2 is 1.70 bits per heavy atom. The van der Waals surface area contributed by atoms with Crippen LogP contribution in [0.1, 0.15) is 83.8 Å². The number of halogens is 1. The summed E-state index contributed by atoms with van der Waals surface area (Å²) in [5.74, 6) is 0.241. The molecule has 1 unspecified atom stereocenters. The summed E-state index contributed by atoms with van der Waals surface area (Å²) in [5, 5.41) is 10.2. The quantitative estimate of drug-likeness (QED) is 0.325. The van der Waals surface area contributed by atoms with Crippen molar-refractivity contribution in [2.45, 2.75) is 69.7 Å². The third-order valence-corrected chi connectivity index (χ3v) is 12.9. The molecule has 12 nitrogen and oxygen atoms in total. The molecule has 4 aliphatic heterocycles. The number of nitrogens with one attached hydrogen (secondary N) is 2. The predicted molar refractivity (Wildman–Crippen MR) is 208 cm³/mol. The number of imide groups is 1. The van der Waals surface area contributed by atoms with Gasteiger partial charge in [0.05, 0.1) is 24.9 Å². The first-order valence-corrected chi connectivity index (χ1v) is 19.6. The Hall–Kier alpha value is -4.23. The van der Waals surface area contributed by atoms with Crippen LogP contribution in [-0.4, -0.2) is 96.8 Å². The van der Waals surface area contributed by atoms with Crippen molar-refractivity contribution in [3.05, 3.63) is 79.7 Å². The Bertz CT molecular complexity index is 1930. The van der Waals surface area contributed by atoms with E-state index in [1.807, 2.05) is 30.0 Å². The fourth-order valence-corrected chi connectivity index (χ4v) is 9.49. The Balaban J connectivity index is 0.929. The highest BCUT2D eigenvalue weighted by Gasteiger charge is 2.39. The molecule has 3 amide bonds. The highest BCUT2D eigenvalue weighted by atomic mass is 79.9. The average molecular weight is 789 g/mol. The van der Waals surface area contributed by atoms with Gasteiger partial charge in [-0.05, 0) is 109 Å². The van der Waals surface area contributed by atoms with Crippen LogP contribution in [0.2, 0.25) is 0 Å². The molecule has 0 saturated carbocycles. The summed E-state index contributed by atoms with van der Waals surface area (Å²) < 4.78 is 7.60. The Labute approximate surface area is 319 Å². The topological polar surface area (TPSA) is 129 Å². The second-order valence-electron chi connectivity index (χ2n) is 15.6. The van der Waals surface area contributed by atoms with Crippen molar-refractivity contribution >= 4 is 45.0 Å². The summed E-state index contributed by atoms with van der Waals surface area (Å²) in [6.07, 6.45) is 7.57. The van der Waals surface area contributed by atoms with E-state index in [4.69, 9.17) is 4.74 Å². The number of nitrogens with zero attached hydrogens (tertiary/aromatic N) is 5. The van der Waals surface area contributed by atoms with E-state index in [1.165, 1.54) is 10.2 Å². The molecular formula is C40H50BrN7O5. The molecule has 0 bridgehead atoms. The van der Waals surface area contributed by atoms with Gasteiger partial charge in [-0.15, -0.1) is 0 Å². The summed E-state index contributed by atoms with van der Waals surface area (Å²) in [5.41, 5.74) is 5.69. The fourth-order valence-electron chi connectivity index (χ4n) is 9.02. The normalized spacial score (nSPS) is 23.5. The lowest BCUT2D eigenvalue weighted by molar-refractivity contribution is -0.134. The van der Waals surface area contributed by atoms with Crippen molar-refractivity contribution in [3.63, 3.8) is 0 Å². The van der Waals surface area contributed by atoms with E-state index < -0.39 is 0 Å². The van der Waals surface area contributed by atoms with Crippen molar-refractivity contribution in [3.8, 4) is 5.75 Å². The third kappa shape index (κ3) is 7.73. The third-order valence-electron chi connectivity index (χ3n) is 12.1. The minimum atomic E-state index is -0.387. The lowest BCUT2D eigenvalue weighted by atomic mass is 9.71. The number of carbonyl (C=O) groups is 3. The molecule has 3 atom stereocenters. The molecule has 4 aliphatic rings. The van der Waals surface area contributed by atoms with Gasteiger partial charge in [0.1, 0.15) is 10.2 Å². The number of piperidine rings is 4. The van der Waals surface area contributed by atoms with Gasteiger partial charge in [-0.1, -0.05) is 12.1 Å². The molecule has 0 radical (unpaired) electrons. The van der Waals surface area contributed by atoms with E-state index >= 15 is 0 Å². The summed E-state index contributed by atoms with van der Waals surface area (Å²) in [7, 11) is 5.39. The van der Waals surface area contributed by atoms with E-state index in [-0.39, 0.29) is 40.7 Å². The maximum absolute atomic E-state index is 13.7. The molecule has 4 saturated heterocycles. The van der Waals surface area contributed by atoms with Gasteiger partial charge in [0.25, 0.3) is 11.5 Å². The lowest BCUT2D eigenvalue weighted by Crippen LogP contribution is -2.48. The molecule has 53 heavy (non-hydrogen) atoms. The summed E-state index contributed by atoms with van der Waals surface area (Å²) in [4.78, 5) is 57.2. The predicted octanol–water partition coefficient (Wildman–Crippen LogP) is 4.80. The van der Waals surface area contributed by atoms with Crippen molar-refractivity contribution in [1.82, 2.24) is 24.9 Å². The molecule has 2 aromatic carbocycles. The van der Waals surface area contributed by atoms with Crippen LogP contribution in [0.15, 0.2) is 51.9 Å². The number of ether oxygens (including phenoxy) is 1. The molecule has 1 aromatic heterocycles. The fraction of sp³-hybridized carbons (Fsp3) is 0.525. The maximum atomic E-state index is 13.7. The number of aromatic nitrogens is 2. The lowest BCUT2D eigenvalue weighted by Gasteiger charge is -2.47. The molecule has 3 aromatic rings. The Morgan fingerprint density at radius 3 is 2.38 bits per heavy atom. The number of hydrogen-bond acceptors (Lipinski definition) is 9. The van der Waals surface area contributed by atoms with Crippen LogP contribution in [0.5, 0.6) is 5.75 Å². The maximum Gasteiger partial charge on any atom is 0.282 e. The molecule has 7 rings (SSSR count). The number of hydrogen-bond donors (Lipinski definition) is 2. The number of rotatable bonds is 7. The second kappa shape index (κ2) is 15.3. The van der Waals surface area contributed by atoms with E-state index in [0.29, 0.717) is 34.7 Å². The number of aryl methyl sites for hydroxylation is 2. The highest BCUT2D eigenvalue weighted by molar-refractivity contribution is 9.10. The van der Waals surface area contributed by atoms with Crippen LogP contribution in [-0.2, 0) is 16.6 Å². The van der Waals surface area contributed by atoms with Crippen molar-refractivity contribution in [2.75, 3.05) is 63.6 Å². The highest BCUT2D eigenvalue weighted by Crippen LogP contribution is 2.44. The monoisotopic (exact) mass is 787 g/mol. The average Bonchev–Trinajstić information content (AvgIpc) is 3.15. The molecule has 4 fully saturated rings. The summed E-state index contributed by atoms with van der Waals surface area (Å²) >= 11 is 3.43. The molecule has 0 aliphatic carbocycles. The van der Waals surface area contributed by atoms with Gasteiger partial charge in [-0.2, -0.15) is 5.10 Å². The Kier molecular flexibility index (Phi) is 10.7.